The number of hydrogen-bond acceptors (Lipinski definition) is 3. The van der Waals surface area contributed by atoms with Crippen molar-refractivity contribution in [2.45, 2.75) is 6.92 Å². The second kappa shape index (κ2) is 5.13. The Bertz CT molecular complexity index is 843. The molecule has 0 radical (unpaired) electrons. The lowest BCUT2D eigenvalue weighted by molar-refractivity contribution is 0.412. The fourth-order valence-corrected chi connectivity index (χ4v) is 2.84. The molecule has 0 spiro atoms. The lowest BCUT2D eigenvalue weighted by atomic mass is 10.1. The van der Waals surface area contributed by atoms with Gasteiger partial charge in [-0.25, -0.2) is 4.98 Å². The van der Waals surface area contributed by atoms with Crippen LogP contribution >= 0.6 is 23.2 Å². The Hall–Kier alpha value is -1.91. The summed E-state index contributed by atoms with van der Waals surface area (Å²) in [6.45, 7) is 1.97. The summed E-state index contributed by atoms with van der Waals surface area (Å²) < 4.78 is 6.96. The molecular formula is C15H13Cl2N3O. The third-order valence-electron chi connectivity index (χ3n) is 3.35. The van der Waals surface area contributed by atoms with E-state index in [1.807, 2.05) is 25.1 Å². The molecule has 0 saturated carbocycles. The molecule has 0 atom stereocenters. The quantitative estimate of drug-likeness (QED) is 0.769. The Balaban J connectivity index is 2.23. The van der Waals surface area contributed by atoms with E-state index in [-0.39, 0.29) is 0 Å². The van der Waals surface area contributed by atoms with Crippen molar-refractivity contribution in [3.63, 3.8) is 0 Å². The highest BCUT2D eigenvalue weighted by Gasteiger charge is 2.15. The van der Waals surface area contributed by atoms with Crippen LogP contribution in [0.3, 0.4) is 0 Å². The van der Waals surface area contributed by atoms with Gasteiger partial charge >= 0.3 is 0 Å². The molecule has 0 fully saturated rings. The van der Waals surface area contributed by atoms with E-state index in [4.69, 9.17) is 33.7 Å². The highest BCUT2D eigenvalue weighted by Crippen LogP contribution is 2.33. The Kier molecular flexibility index (Phi) is 3.43. The summed E-state index contributed by atoms with van der Waals surface area (Å²) in [4.78, 5) is 4.53. The van der Waals surface area contributed by atoms with Crippen LogP contribution in [0.5, 0.6) is 5.75 Å². The largest absolute Gasteiger partial charge is 0.496 e. The first-order chi connectivity index (χ1) is 10.0. The molecule has 6 heteroatoms. The molecule has 0 saturated heterocycles. The molecule has 2 N–H and O–H groups in total. The van der Waals surface area contributed by atoms with Crippen LogP contribution in [-0.2, 0) is 0 Å². The maximum atomic E-state index is 6.18. The van der Waals surface area contributed by atoms with Crippen molar-refractivity contribution in [2.75, 3.05) is 12.8 Å². The van der Waals surface area contributed by atoms with Crippen LogP contribution in [0.15, 0.2) is 30.5 Å². The smallest absolute Gasteiger partial charge is 0.158 e. The molecule has 1 aromatic carbocycles. The normalized spacial score (nSPS) is 11.0. The van der Waals surface area contributed by atoms with Gasteiger partial charge in [0.15, 0.2) is 5.65 Å². The lowest BCUT2D eigenvalue weighted by Gasteiger charge is -2.06. The molecule has 0 aliphatic heterocycles. The number of methoxy groups -OCH3 is 1. The van der Waals surface area contributed by atoms with Gasteiger partial charge in [-0.05, 0) is 36.8 Å². The summed E-state index contributed by atoms with van der Waals surface area (Å²) in [5, 5.41) is 0.972. The summed E-state index contributed by atoms with van der Waals surface area (Å²) in [6, 6.07) is 7.43. The van der Waals surface area contributed by atoms with E-state index in [0.29, 0.717) is 27.2 Å². The summed E-state index contributed by atoms with van der Waals surface area (Å²) in [5.74, 6) is 1.32. The molecule has 0 unspecified atom stereocenters. The summed E-state index contributed by atoms with van der Waals surface area (Å²) in [7, 11) is 1.64. The molecule has 2 aromatic heterocycles. The minimum Gasteiger partial charge on any atom is -0.496 e. The fraction of sp³-hybridized carbons (Fsp3) is 0.133. The van der Waals surface area contributed by atoms with E-state index in [0.717, 1.165) is 16.9 Å². The minimum atomic E-state index is 0.464. The van der Waals surface area contributed by atoms with E-state index in [9.17, 15) is 0 Å². The number of benzene rings is 1. The van der Waals surface area contributed by atoms with Crippen molar-refractivity contribution in [1.82, 2.24) is 9.38 Å². The number of nitrogens with zero attached hydrogens (tertiary/aromatic N) is 2. The van der Waals surface area contributed by atoms with Gasteiger partial charge in [0.1, 0.15) is 17.3 Å². The predicted octanol–water partition coefficient (Wildman–Crippen LogP) is 4.21. The third-order valence-corrected chi connectivity index (χ3v) is 3.83. The second-order valence-corrected chi connectivity index (χ2v) is 5.57. The number of halogens is 2. The van der Waals surface area contributed by atoms with E-state index in [1.54, 1.807) is 23.8 Å². The van der Waals surface area contributed by atoms with Gasteiger partial charge < -0.3 is 10.5 Å². The van der Waals surface area contributed by atoms with Crippen molar-refractivity contribution in [3.8, 4) is 17.0 Å². The number of fused-ring (bicyclic) bond motifs is 1. The van der Waals surface area contributed by atoms with Gasteiger partial charge in [-0.15, -0.1) is 0 Å². The van der Waals surface area contributed by atoms with Crippen molar-refractivity contribution in [2.24, 2.45) is 0 Å². The van der Waals surface area contributed by atoms with E-state index < -0.39 is 0 Å². The standard InChI is InChI=1S/C15H13Cl2N3O/c1-8-5-9(3-4-12(8)21-2)13-14(18)20-7-10(16)6-11(17)15(20)19-13/h3-7H,18H2,1-2H3. The Morgan fingerprint density at radius 3 is 2.67 bits per heavy atom. The van der Waals surface area contributed by atoms with Crippen LogP contribution in [-0.4, -0.2) is 16.5 Å². The molecule has 0 aliphatic rings. The Morgan fingerprint density at radius 1 is 1.24 bits per heavy atom. The zero-order valence-corrected chi connectivity index (χ0v) is 13.0. The van der Waals surface area contributed by atoms with Gasteiger partial charge in [0, 0.05) is 11.8 Å². The first-order valence-corrected chi connectivity index (χ1v) is 7.04. The zero-order valence-electron chi connectivity index (χ0n) is 11.5. The van der Waals surface area contributed by atoms with Gasteiger partial charge in [-0.1, -0.05) is 23.2 Å². The minimum absolute atomic E-state index is 0.464. The molecule has 3 rings (SSSR count). The summed E-state index contributed by atoms with van der Waals surface area (Å²) >= 11 is 12.2. The Morgan fingerprint density at radius 2 is 2.00 bits per heavy atom. The monoisotopic (exact) mass is 321 g/mol. The maximum Gasteiger partial charge on any atom is 0.158 e. The molecule has 0 bridgehead atoms. The lowest BCUT2D eigenvalue weighted by Crippen LogP contribution is -1.95. The number of nitrogens with two attached hydrogens (primary N) is 1. The number of aromatic nitrogens is 2. The number of imidazole rings is 1. The number of rotatable bonds is 2. The van der Waals surface area contributed by atoms with Crippen molar-refractivity contribution < 1.29 is 4.74 Å². The average molecular weight is 322 g/mol. The molecule has 0 amide bonds. The molecule has 3 aromatic rings. The SMILES string of the molecule is COc1ccc(-c2nc3c(Cl)cc(Cl)cn3c2N)cc1C. The maximum absolute atomic E-state index is 6.18. The van der Waals surface area contributed by atoms with Crippen LogP contribution in [0.1, 0.15) is 5.56 Å². The van der Waals surface area contributed by atoms with Crippen LogP contribution in [0.4, 0.5) is 5.82 Å². The van der Waals surface area contributed by atoms with Crippen molar-refractivity contribution in [3.05, 3.63) is 46.1 Å². The highest BCUT2D eigenvalue weighted by molar-refractivity contribution is 6.36. The molecule has 21 heavy (non-hydrogen) atoms. The number of aryl methyl sites for hydroxylation is 1. The number of nitrogen functional groups attached to an aromatic ring is 1. The molecule has 108 valence electrons. The Labute approximate surface area is 132 Å². The first kappa shape index (κ1) is 14.0. The number of pyridine rings is 1. The zero-order chi connectivity index (χ0) is 15.1. The van der Waals surface area contributed by atoms with Crippen LogP contribution in [0.2, 0.25) is 10.0 Å². The molecule has 2 heterocycles. The van der Waals surface area contributed by atoms with E-state index in [1.165, 1.54) is 0 Å². The number of ether oxygens (including phenoxy) is 1. The fourth-order valence-electron chi connectivity index (χ4n) is 2.33. The van der Waals surface area contributed by atoms with Crippen LogP contribution < -0.4 is 10.5 Å². The number of anilines is 1. The first-order valence-electron chi connectivity index (χ1n) is 6.29. The van der Waals surface area contributed by atoms with E-state index >= 15 is 0 Å². The van der Waals surface area contributed by atoms with Gasteiger partial charge in [-0.3, -0.25) is 4.40 Å². The third kappa shape index (κ3) is 2.30. The average Bonchev–Trinajstić information content (AvgIpc) is 2.77. The predicted molar refractivity (Wildman–Crippen MR) is 86.3 cm³/mol. The van der Waals surface area contributed by atoms with Gasteiger partial charge in [0.2, 0.25) is 0 Å². The summed E-state index contributed by atoms with van der Waals surface area (Å²) in [5.41, 5.74) is 9.35. The topological polar surface area (TPSA) is 52.5 Å². The van der Waals surface area contributed by atoms with E-state index in [2.05, 4.69) is 4.98 Å². The summed E-state index contributed by atoms with van der Waals surface area (Å²) in [6.07, 6.45) is 1.70. The molecule has 4 nitrogen and oxygen atoms in total. The van der Waals surface area contributed by atoms with Gasteiger partial charge in [0.05, 0.1) is 17.2 Å². The van der Waals surface area contributed by atoms with Gasteiger partial charge in [-0.2, -0.15) is 0 Å². The van der Waals surface area contributed by atoms with Crippen LogP contribution in [0.25, 0.3) is 16.9 Å². The highest BCUT2D eigenvalue weighted by atomic mass is 35.5. The second-order valence-electron chi connectivity index (χ2n) is 4.73. The van der Waals surface area contributed by atoms with Gasteiger partial charge in [0.25, 0.3) is 0 Å². The molecular weight excluding hydrogens is 309 g/mol. The van der Waals surface area contributed by atoms with Crippen molar-refractivity contribution >= 4 is 34.7 Å². The number of hydrogen-bond donors (Lipinski definition) is 1. The molecule has 0 aliphatic carbocycles. The van der Waals surface area contributed by atoms with Crippen LogP contribution in [0, 0.1) is 6.92 Å². The van der Waals surface area contributed by atoms with Crippen molar-refractivity contribution in [1.29, 1.82) is 0 Å².